The number of amides is 1. The van der Waals surface area contributed by atoms with Crippen molar-refractivity contribution in [3.63, 3.8) is 0 Å². The second kappa shape index (κ2) is 8.19. The van der Waals surface area contributed by atoms with E-state index in [1.807, 2.05) is 0 Å². The topological polar surface area (TPSA) is 97.7 Å². The van der Waals surface area contributed by atoms with E-state index in [2.05, 4.69) is 15.5 Å². The van der Waals surface area contributed by atoms with Gasteiger partial charge in [-0.05, 0) is 50.7 Å². The van der Waals surface area contributed by atoms with Crippen molar-refractivity contribution in [1.29, 1.82) is 0 Å². The lowest BCUT2D eigenvalue weighted by Gasteiger charge is -2.11. The molecule has 1 N–H and O–H groups in total. The van der Waals surface area contributed by atoms with Gasteiger partial charge in [0.25, 0.3) is 5.91 Å². The molecule has 2 aliphatic carbocycles. The fourth-order valence-corrected chi connectivity index (χ4v) is 5.38. The zero-order valence-corrected chi connectivity index (χ0v) is 17.1. The molecule has 1 amide bonds. The molecule has 2 aromatic rings. The summed E-state index contributed by atoms with van der Waals surface area (Å²) in [5, 5.41) is 5.84. The van der Waals surface area contributed by atoms with Crippen LogP contribution in [0.25, 0.3) is 0 Å². The summed E-state index contributed by atoms with van der Waals surface area (Å²) < 4.78 is 37.9. The van der Waals surface area contributed by atoms with Crippen LogP contribution in [0.5, 0.6) is 0 Å². The van der Waals surface area contributed by atoms with Gasteiger partial charge in [-0.25, -0.2) is 13.4 Å². The second-order valence-corrected chi connectivity index (χ2v) is 10.4. The van der Waals surface area contributed by atoms with Crippen molar-refractivity contribution in [3.8, 4) is 0 Å². The summed E-state index contributed by atoms with van der Waals surface area (Å²) in [7, 11) is -3.32. The molecule has 0 unspecified atom stereocenters. The van der Waals surface area contributed by atoms with E-state index in [9.17, 15) is 17.6 Å². The molecule has 4 rings (SSSR count). The average molecular weight is 438 g/mol. The second-order valence-electron chi connectivity index (χ2n) is 7.14. The minimum absolute atomic E-state index is 0.0112. The quantitative estimate of drug-likeness (QED) is 0.528. The van der Waals surface area contributed by atoms with E-state index in [1.165, 1.54) is 24.3 Å². The summed E-state index contributed by atoms with van der Waals surface area (Å²) in [4.78, 5) is 22.3. The highest BCUT2D eigenvalue weighted by Crippen LogP contribution is 2.33. The van der Waals surface area contributed by atoms with Crippen molar-refractivity contribution in [2.24, 2.45) is 5.16 Å². The number of oxime groups is 1. The Morgan fingerprint density at radius 2 is 1.86 bits per heavy atom. The minimum atomic E-state index is -3.32. The summed E-state index contributed by atoms with van der Waals surface area (Å²) >= 11 is 0.703. The van der Waals surface area contributed by atoms with E-state index in [4.69, 9.17) is 4.84 Å². The molecule has 1 heterocycles. The standard InChI is InChI=1S/C19H20FN3O4S2/c20-16-11-21-19(28-16)22-18(24)17(23-27-13-3-1-2-4-13)12-5-7-14(8-6-12)29(25,26)15-9-10-15/h5-8,11,13,15H,1-4,9-10H2,(H,21,22,24). The first-order valence-electron chi connectivity index (χ1n) is 9.44. The van der Waals surface area contributed by atoms with Crippen LogP contribution in [0.4, 0.5) is 9.52 Å². The minimum Gasteiger partial charge on any atom is -0.392 e. The maximum absolute atomic E-state index is 13.2. The first-order valence-corrected chi connectivity index (χ1v) is 11.8. The molecule has 0 saturated heterocycles. The van der Waals surface area contributed by atoms with E-state index >= 15 is 0 Å². The molecule has 29 heavy (non-hydrogen) atoms. The molecule has 7 nitrogen and oxygen atoms in total. The van der Waals surface area contributed by atoms with Crippen LogP contribution in [-0.4, -0.2) is 36.4 Å². The first kappa shape index (κ1) is 20.0. The van der Waals surface area contributed by atoms with E-state index in [0.717, 1.165) is 31.9 Å². The number of aromatic nitrogens is 1. The van der Waals surface area contributed by atoms with Gasteiger partial charge in [0.1, 0.15) is 6.10 Å². The number of carbonyl (C=O) groups excluding carboxylic acids is 1. The van der Waals surface area contributed by atoms with Gasteiger partial charge in [0.15, 0.2) is 25.8 Å². The third-order valence-corrected chi connectivity index (χ3v) is 7.91. The lowest BCUT2D eigenvalue weighted by Crippen LogP contribution is -2.25. The Bertz CT molecular complexity index is 1020. The van der Waals surface area contributed by atoms with E-state index < -0.39 is 20.9 Å². The van der Waals surface area contributed by atoms with Gasteiger partial charge in [0, 0.05) is 5.56 Å². The number of benzene rings is 1. The van der Waals surface area contributed by atoms with Crippen LogP contribution >= 0.6 is 11.3 Å². The van der Waals surface area contributed by atoms with E-state index in [1.54, 1.807) is 0 Å². The molecule has 154 valence electrons. The zero-order valence-electron chi connectivity index (χ0n) is 15.5. The van der Waals surface area contributed by atoms with Crippen molar-refractivity contribution in [1.82, 2.24) is 4.98 Å². The summed E-state index contributed by atoms with van der Waals surface area (Å²) in [5.74, 6) is -0.602. The maximum Gasteiger partial charge on any atom is 0.280 e. The largest absolute Gasteiger partial charge is 0.392 e. The highest BCUT2D eigenvalue weighted by Gasteiger charge is 2.36. The Hall–Kier alpha value is -2.33. The van der Waals surface area contributed by atoms with Crippen LogP contribution in [0.1, 0.15) is 44.1 Å². The van der Waals surface area contributed by atoms with Gasteiger partial charge in [-0.3, -0.25) is 10.1 Å². The third kappa shape index (κ3) is 4.64. The number of sulfone groups is 1. The SMILES string of the molecule is O=C(Nc1ncc(F)s1)C(=NOC1CCCC1)c1ccc(S(=O)(=O)C2CC2)cc1. The Morgan fingerprint density at radius 1 is 1.17 bits per heavy atom. The Morgan fingerprint density at radius 3 is 2.45 bits per heavy atom. The number of halogens is 1. The summed E-state index contributed by atoms with van der Waals surface area (Å²) in [6, 6.07) is 6.02. The molecule has 1 aromatic heterocycles. The molecule has 0 atom stereocenters. The molecule has 0 bridgehead atoms. The molecule has 2 fully saturated rings. The monoisotopic (exact) mass is 437 g/mol. The highest BCUT2D eigenvalue weighted by atomic mass is 32.2. The number of anilines is 1. The number of carbonyl (C=O) groups is 1. The van der Waals surface area contributed by atoms with Crippen LogP contribution in [0.3, 0.4) is 0 Å². The lowest BCUT2D eigenvalue weighted by atomic mass is 10.1. The van der Waals surface area contributed by atoms with Crippen LogP contribution in [0.2, 0.25) is 0 Å². The van der Waals surface area contributed by atoms with Gasteiger partial charge in [-0.2, -0.15) is 4.39 Å². The third-order valence-electron chi connectivity index (χ3n) is 4.93. The predicted molar refractivity (Wildman–Crippen MR) is 107 cm³/mol. The maximum atomic E-state index is 13.2. The number of rotatable bonds is 7. The van der Waals surface area contributed by atoms with Crippen LogP contribution < -0.4 is 5.32 Å². The molecule has 0 aliphatic heterocycles. The molecule has 2 saturated carbocycles. The van der Waals surface area contributed by atoms with Gasteiger partial charge < -0.3 is 4.84 Å². The number of nitrogens with one attached hydrogen (secondary N) is 1. The van der Waals surface area contributed by atoms with Crippen molar-refractivity contribution < 1.29 is 22.4 Å². The normalized spacial score (nSPS) is 18.0. The highest BCUT2D eigenvalue weighted by molar-refractivity contribution is 7.92. The van der Waals surface area contributed by atoms with Gasteiger partial charge in [0.2, 0.25) is 0 Å². The molecular weight excluding hydrogens is 417 g/mol. The Labute approximate surface area is 171 Å². The lowest BCUT2D eigenvalue weighted by molar-refractivity contribution is -0.110. The molecule has 10 heteroatoms. The van der Waals surface area contributed by atoms with Crippen molar-refractivity contribution >= 4 is 37.9 Å². The van der Waals surface area contributed by atoms with E-state index in [-0.39, 0.29) is 27.1 Å². The Kier molecular flexibility index (Phi) is 5.64. The number of hydrogen-bond donors (Lipinski definition) is 1. The van der Waals surface area contributed by atoms with Crippen LogP contribution in [-0.2, 0) is 19.5 Å². The zero-order chi connectivity index (χ0) is 20.4. The van der Waals surface area contributed by atoms with Crippen molar-refractivity contribution in [2.75, 3.05) is 5.32 Å². The fraction of sp³-hybridized carbons (Fsp3) is 0.421. The number of nitrogens with zero attached hydrogens (tertiary/aromatic N) is 2. The molecule has 1 aromatic carbocycles. The van der Waals surface area contributed by atoms with Crippen molar-refractivity contribution in [3.05, 3.63) is 41.2 Å². The summed E-state index contributed by atoms with van der Waals surface area (Å²) in [6.45, 7) is 0. The smallest absolute Gasteiger partial charge is 0.280 e. The summed E-state index contributed by atoms with van der Waals surface area (Å²) in [6.07, 6.45) is 6.16. The number of hydrogen-bond acceptors (Lipinski definition) is 7. The first-order chi connectivity index (χ1) is 13.9. The average Bonchev–Trinajstić information content (AvgIpc) is 3.31. The number of thiazole rings is 1. The Balaban J connectivity index is 1.58. The van der Waals surface area contributed by atoms with Gasteiger partial charge in [-0.1, -0.05) is 28.6 Å². The van der Waals surface area contributed by atoms with Gasteiger partial charge in [0.05, 0.1) is 16.3 Å². The molecule has 0 spiro atoms. The van der Waals surface area contributed by atoms with Crippen LogP contribution in [0, 0.1) is 5.13 Å². The molecule has 0 radical (unpaired) electrons. The summed E-state index contributed by atoms with van der Waals surface area (Å²) in [5.41, 5.74) is 0.398. The van der Waals surface area contributed by atoms with Gasteiger partial charge >= 0.3 is 0 Å². The van der Waals surface area contributed by atoms with Gasteiger partial charge in [-0.15, -0.1) is 0 Å². The molecule has 2 aliphatic rings. The van der Waals surface area contributed by atoms with Crippen molar-refractivity contribution in [2.45, 2.75) is 54.8 Å². The predicted octanol–water partition coefficient (Wildman–Crippen LogP) is 3.52. The fourth-order valence-electron chi connectivity index (χ4n) is 3.19. The molecular formula is C19H20FN3O4S2. The van der Waals surface area contributed by atoms with Crippen LogP contribution in [0.15, 0.2) is 40.5 Å². The van der Waals surface area contributed by atoms with E-state index in [0.29, 0.717) is 29.7 Å².